The lowest BCUT2D eigenvalue weighted by Gasteiger charge is -2.11. The minimum absolute atomic E-state index is 0.124. The molecule has 23 heavy (non-hydrogen) atoms. The first-order valence-corrected chi connectivity index (χ1v) is 8.07. The highest BCUT2D eigenvalue weighted by molar-refractivity contribution is 6.35. The molecule has 0 unspecified atom stereocenters. The van der Waals surface area contributed by atoms with E-state index in [-0.39, 0.29) is 10.7 Å². The first-order valence-electron chi connectivity index (χ1n) is 7.69. The SMILES string of the molecule is CCCOC(=O)c1nc(C2CC2)nc(NCc2ccco2)c1Cl. The second kappa shape index (κ2) is 7.00. The third-order valence-electron chi connectivity index (χ3n) is 3.45. The Labute approximate surface area is 139 Å². The van der Waals surface area contributed by atoms with Gasteiger partial charge in [-0.05, 0) is 31.4 Å². The van der Waals surface area contributed by atoms with Gasteiger partial charge in [-0.2, -0.15) is 0 Å². The number of aromatic nitrogens is 2. The summed E-state index contributed by atoms with van der Waals surface area (Å²) in [5.41, 5.74) is 0.124. The highest BCUT2D eigenvalue weighted by atomic mass is 35.5. The first-order chi connectivity index (χ1) is 11.2. The Morgan fingerprint density at radius 3 is 2.96 bits per heavy atom. The molecule has 0 saturated heterocycles. The van der Waals surface area contributed by atoms with E-state index in [0.717, 1.165) is 25.0 Å². The Morgan fingerprint density at radius 1 is 1.48 bits per heavy atom. The number of hydrogen-bond acceptors (Lipinski definition) is 6. The summed E-state index contributed by atoms with van der Waals surface area (Å²) in [5.74, 6) is 1.61. The van der Waals surface area contributed by atoms with Crippen LogP contribution in [0.25, 0.3) is 0 Å². The van der Waals surface area contributed by atoms with Gasteiger partial charge in [-0.15, -0.1) is 0 Å². The predicted molar refractivity (Wildman–Crippen MR) is 85.6 cm³/mol. The van der Waals surface area contributed by atoms with E-state index in [1.807, 2.05) is 19.1 Å². The van der Waals surface area contributed by atoms with E-state index in [0.29, 0.717) is 30.7 Å². The van der Waals surface area contributed by atoms with Crippen LogP contribution in [0.1, 0.15) is 54.2 Å². The van der Waals surface area contributed by atoms with Gasteiger partial charge in [0.2, 0.25) is 0 Å². The summed E-state index contributed by atoms with van der Waals surface area (Å²) >= 11 is 6.30. The number of esters is 1. The molecule has 122 valence electrons. The van der Waals surface area contributed by atoms with E-state index in [4.69, 9.17) is 20.8 Å². The summed E-state index contributed by atoms with van der Waals surface area (Å²) in [4.78, 5) is 20.9. The molecule has 1 aliphatic rings. The Hall–Kier alpha value is -2.08. The van der Waals surface area contributed by atoms with Crippen molar-refractivity contribution in [3.05, 3.63) is 40.7 Å². The van der Waals surface area contributed by atoms with Crippen molar-refractivity contribution >= 4 is 23.4 Å². The molecule has 1 aliphatic carbocycles. The van der Waals surface area contributed by atoms with Crippen molar-refractivity contribution in [3.8, 4) is 0 Å². The van der Waals surface area contributed by atoms with Crippen molar-refractivity contribution in [2.75, 3.05) is 11.9 Å². The summed E-state index contributed by atoms with van der Waals surface area (Å²) in [6.45, 7) is 2.70. The lowest BCUT2D eigenvalue weighted by atomic mass is 10.3. The monoisotopic (exact) mass is 335 g/mol. The van der Waals surface area contributed by atoms with Crippen LogP contribution in [0.3, 0.4) is 0 Å². The molecule has 0 aliphatic heterocycles. The smallest absolute Gasteiger partial charge is 0.358 e. The number of rotatable bonds is 7. The van der Waals surface area contributed by atoms with Gasteiger partial charge in [0, 0.05) is 5.92 Å². The van der Waals surface area contributed by atoms with Crippen LogP contribution in [0.2, 0.25) is 5.02 Å². The maximum atomic E-state index is 12.2. The average Bonchev–Trinajstić information content (AvgIpc) is 3.28. The normalized spacial score (nSPS) is 13.8. The molecule has 1 saturated carbocycles. The quantitative estimate of drug-likeness (QED) is 0.776. The largest absolute Gasteiger partial charge is 0.467 e. The molecule has 0 bridgehead atoms. The minimum Gasteiger partial charge on any atom is -0.467 e. The van der Waals surface area contributed by atoms with Gasteiger partial charge in [-0.3, -0.25) is 0 Å². The fourth-order valence-electron chi connectivity index (χ4n) is 2.09. The molecule has 0 amide bonds. The molecule has 2 heterocycles. The van der Waals surface area contributed by atoms with Crippen molar-refractivity contribution in [3.63, 3.8) is 0 Å². The number of halogens is 1. The Bertz CT molecular complexity index is 684. The van der Waals surface area contributed by atoms with Gasteiger partial charge >= 0.3 is 5.97 Å². The van der Waals surface area contributed by atoms with E-state index in [9.17, 15) is 4.79 Å². The van der Waals surface area contributed by atoms with E-state index in [2.05, 4.69) is 15.3 Å². The van der Waals surface area contributed by atoms with Gasteiger partial charge < -0.3 is 14.5 Å². The van der Waals surface area contributed by atoms with Crippen LogP contribution in [0.4, 0.5) is 5.82 Å². The van der Waals surface area contributed by atoms with Gasteiger partial charge in [0.25, 0.3) is 0 Å². The lowest BCUT2D eigenvalue weighted by molar-refractivity contribution is 0.0498. The maximum Gasteiger partial charge on any atom is 0.358 e. The second-order valence-corrected chi connectivity index (χ2v) is 5.81. The highest BCUT2D eigenvalue weighted by Crippen LogP contribution is 2.39. The molecule has 0 atom stereocenters. The first kappa shape index (κ1) is 15.8. The number of carbonyl (C=O) groups excluding carboxylic acids is 1. The number of nitrogens with zero attached hydrogens (tertiary/aromatic N) is 2. The van der Waals surface area contributed by atoms with E-state index >= 15 is 0 Å². The Morgan fingerprint density at radius 2 is 2.30 bits per heavy atom. The lowest BCUT2D eigenvalue weighted by Crippen LogP contribution is -2.14. The van der Waals surface area contributed by atoms with Gasteiger partial charge in [0.05, 0.1) is 19.4 Å². The van der Waals surface area contributed by atoms with Gasteiger partial charge in [-0.25, -0.2) is 14.8 Å². The van der Waals surface area contributed by atoms with E-state index in [1.54, 1.807) is 6.26 Å². The van der Waals surface area contributed by atoms with Crippen LogP contribution in [-0.2, 0) is 11.3 Å². The Kier molecular flexibility index (Phi) is 4.81. The molecule has 6 nitrogen and oxygen atoms in total. The fraction of sp³-hybridized carbons (Fsp3) is 0.438. The predicted octanol–water partition coefficient (Wildman–Crippen LogP) is 3.78. The van der Waals surface area contributed by atoms with E-state index in [1.165, 1.54) is 0 Å². The van der Waals surface area contributed by atoms with Crippen molar-refractivity contribution < 1.29 is 13.9 Å². The summed E-state index contributed by atoms with van der Waals surface area (Å²) in [6, 6.07) is 3.65. The fourth-order valence-corrected chi connectivity index (χ4v) is 2.32. The summed E-state index contributed by atoms with van der Waals surface area (Å²) in [6.07, 6.45) is 4.40. The number of ether oxygens (including phenoxy) is 1. The molecule has 0 aromatic carbocycles. The zero-order valence-corrected chi connectivity index (χ0v) is 13.6. The van der Waals surface area contributed by atoms with Crippen molar-refractivity contribution in [1.82, 2.24) is 9.97 Å². The van der Waals surface area contributed by atoms with Crippen molar-refractivity contribution in [2.24, 2.45) is 0 Å². The average molecular weight is 336 g/mol. The molecular weight excluding hydrogens is 318 g/mol. The molecule has 1 N–H and O–H groups in total. The van der Waals surface area contributed by atoms with Crippen LogP contribution in [-0.4, -0.2) is 22.5 Å². The molecule has 1 fully saturated rings. The van der Waals surface area contributed by atoms with Crippen LogP contribution >= 0.6 is 11.6 Å². The second-order valence-electron chi connectivity index (χ2n) is 5.44. The molecule has 0 radical (unpaired) electrons. The van der Waals surface area contributed by atoms with Crippen molar-refractivity contribution in [2.45, 2.75) is 38.6 Å². The number of carbonyl (C=O) groups is 1. The molecule has 2 aromatic rings. The Balaban J connectivity index is 1.84. The van der Waals surface area contributed by atoms with Crippen LogP contribution < -0.4 is 5.32 Å². The van der Waals surface area contributed by atoms with Crippen molar-refractivity contribution in [1.29, 1.82) is 0 Å². The summed E-state index contributed by atoms with van der Waals surface area (Å²) in [5, 5.41) is 3.29. The van der Waals surface area contributed by atoms with Crippen LogP contribution in [0, 0.1) is 0 Å². The van der Waals surface area contributed by atoms with Crippen LogP contribution in [0.15, 0.2) is 22.8 Å². The third kappa shape index (κ3) is 3.82. The number of furan rings is 1. The summed E-state index contributed by atoms with van der Waals surface area (Å²) < 4.78 is 10.4. The summed E-state index contributed by atoms with van der Waals surface area (Å²) in [7, 11) is 0. The third-order valence-corrected chi connectivity index (χ3v) is 3.81. The molecule has 0 spiro atoms. The van der Waals surface area contributed by atoms with Gasteiger partial charge in [0.1, 0.15) is 22.4 Å². The molecular formula is C16H18ClN3O3. The number of anilines is 1. The number of hydrogen-bond donors (Lipinski definition) is 1. The van der Waals surface area contributed by atoms with Crippen LogP contribution in [0.5, 0.6) is 0 Å². The standard InChI is InChI=1S/C16H18ClN3O3/c1-2-7-23-16(21)13-12(17)15(18-9-11-4-3-8-22-11)20-14(19-13)10-5-6-10/h3-4,8,10H,2,5-7,9H2,1H3,(H,18,19,20). The molecule has 3 rings (SSSR count). The van der Waals surface area contributed by atoms with Gasteiger partial charge in [0.15, 0.2) is 5.69 Å². The molecule has 2 aromatic heterocycles. The highest BCUT2D eigenvalue weighted by Gasteiger charge is 2.30. The maximum absolute atomic E-state index is 12.2. The van der Waals surface area contributed by atoms with Gasteiger partial charge in [-0.1, -0.05) is 18.5 Å². The number of nitrogens with one attached hydrogen (secondary N) is 1. The topological polar surface area (TPSA) is 77.2 Å². The molecule has 7 heteroatoms. The minimum atomic E-state index is -0.512. The zero-order chi connectivity index (χ0) is 16.2. The van der Waals surface area contributed by atoms with E-state index < -0.39 is 5.97 Å². The zero-order valence-electron chi connectivity index (χ0n) is 12.8.